The van der Waals surface area contributed by atoms with E-state index < -0.39 is 0 Å². The maximum absolute atomic E-state index is 5.19. The number of rotatable bonds is 1. The highest BCUT2D eigenvalue weighted by Crippen LogP contribution is 1.99. The number of nitrogens with two attached hydrogens (primary N) is 2. The molecule has 0 unspecified atom stereocenters. The van der Waals surface area contributed by atoms with E-state index in [4.69, 9.17) is 11.5 Å². The van der Waals surface area contributed by atoms with Crippen molar-refractivity contribution in [2.24, 2.45) is 5.73 Å². The second-order valence-corrected chi connectivity index (χ2v) is 1.38. The summed E-state index contributed by atoms with van der Waals surface area (Å²) in [5, 5.41) is 0. The molecule has 0 aliphatic carbocycles. The van der Waals surface area contributed by atoms with Gasteiger partial charge in [-0.2, -0.15) is 4.98 Å². The van der Waals surface area contributed by atoms with E-state index in [9.17, 15) is 0 Å². The molecular formula is C4H7N3O. The fourth-order valence-electron chi connectivity index (χ4n) is 0.416. The lowest BCUT2D eigenvalue weighted by Gasteiger charge is -1.77. The zero-order valence-corrected chi connectivity index (χ0v) is 4.29. The SMILES string of the molecule is NCc1coc(N)n1. The number of aromatic nitrogens is 1. The number of nitrogens with zero attached hydrogens (tertiary/aromatic N) is 1. The number of nitrogen functional groups attached to an aromatic ring is 1. The minimum absolute atomic E-state index is 0.172. The second-order valence-electron chi connectivity index (χ2n) is 1.38. The van der Waals surface area contributed by atoms with E-state index in [0.717, 1.165) is 0 Å². The quantitative estimate of drug-likeness (QED) is 0.524. The van der Waals surface area contributed by atoms with Gasteiger partial charge < -0.3 is 15.9 Å². The third-order valence-corrected chi connectivity index (χ3v) is 0.779. The highest BCUT2D eigenvalue weighted by molar-refractivity contribution is 5.11. The van der Waals surface area contributed by atoms with Crippen LogP contribution < -0.4 is 11.5 Å². The fraction of sp³-hybridized carbons (Fsp3) is 0.250. The van der Waals surface area contributed by atoms with E-state index in [2.05, 4.69) is 9.40 Å². The smallest absolute Gasteiger partial charge is 0.292 e. The lowest BCUT2D eigenvalue weighted by molar-refractivity contribution is 0.578. The first kappa shape index (κ1) is 5.11. The molecule has 4 heteroatoms. The van der Waals surface area contributed by atoms with Crippen molar-refractivity contribution in [1.82, 2.24) is 4.98 Å². The molecular weight excluding hydrogens is 106 g/mol. The van der Waals surface area contributed by atoms with E-state index in [0.29, 0.717) is 12.2 Å². The van der Waals surface area contributed by atoms with Crippen molar-refractivity contribution in [3.63, 3.8) is 0 Å². The van der Waals surface area contributed by atoms with Crippen molar-refractivity contribution in [3.8, 4) is 0 Å². The van der Waals surface area contributed by atoms with Gasteiger partial charge in [0.2, 0.25) is 0 Å². The summed E-state index contributed by atoms with van der Waals surface area (Å²) < 4.78 is 4.64. The highest BCUT2D eigenvalue weighted by Gasteiger charge is 1.93. The molecule has 0 spiro atoms. The third-order valence-electron chi connectivity index (χ3n) is 0.779. The molecule has 0 amide bonds. The van der Waals surface area contributed by atoms with Crippen LogP contribution in [0, 0.1) is 0 Å². The van der Waals surface area contributed by atoms with Crippen LogP contribution in [0.5, 0.6) is 0 Å². The van der Waals surface area contributed by atoms with Crippen molar-refractivity contribution < 1.29 is 4.42 Å². The first-order valence-electron chi connectivity index (χ1n) is 2.23. The van der Waals surface area contributed by atoms with Crippen LogP contribution in [-0.4, -0.2) is 4.98 Å². The van der Waals surface area contributed by atoms with Crippen LogP contribution in [0.25, 0.3) is 0 Å². The van der Waals surface area contributed by atoms with Crippen LogP contribution in [0.15, 0.2) is 10.7 Å². The molecule has 0 aliphatic rings. The molecule has 0 aromatic carbocycles. The summed E-state index contributed by atoms with van der Waals surface area (Å²) in [6, 6.07) is 0.172. The second kappa shape index (κ2) is 1.83. The molecule has 1 aromatic heterocycles. The Kier molecular flexibility index (Phi) is 1.17. The van der Waals surface area contributed by atoms with Crippen molar-refractivity contribution in [1.29, 1.82) is 0 Å². The van der Waals surface area contributed by atoms with Gasteiger partial charge in [0, 0.05) is 6.54 Å². The lowest BCUT2D eigenvalue weighted by Crippen LogP contribution is -1.96. The number of hydrogen-bond acceptors (Lipinski definition) is 4. The van der Waals surface area contributed by atoms with Gasteiger partial charge >= 0.3 is 0 Å². The molecule has 0 radical (unpaired) electrons. The third kappa shape index (κ3) is 0.788. The molecule has 0 saturated heterocycles. The first-order valence-corrected chi connectivity index (χ1v) is 2.23. The predicted octanol–water partition coefficient (Wildman–Crippen LogP) is -0.285. The normalized spacial score (nSPS) is 9.62. The van der Waals surface area contributed by atoms with Crippen LogP contribution in [0.4, 0.5) is 6.01 Å². The molecule has 0 atom stereocenters. The molecule has 8 heavy (non-hydrogen) atoms. The van der Waals surface area contributed by atoms with E-state index >= 15 is 0 Å². The Morgan fingerprint density at radius 3 is 2.75 bits per heavy atom. The van der Waals surface area contributed by atoms with E-state index in [1.807, 2.05) is 0 Å². The summed E-state index contributed by atoms with van der Waals surface area (Å²) in [5.74, 6) is 0. The number of hydrogen-bond donors (Lipinski definition) is 2. The minimum atomic E-state index is 0.172. The molecule has 4 N–H and O–H groups in total. The Hall–Kier alpha value is -1.03. The molecule has 0 aliphatic heterocycles. The van der Waals surface area contributed by atoms with Gasteiger partial charge in [0.15, 0.2) is 0 Å². The van der Waals surface area contributed by atoms with Crippen molar-refractivity contribution in [2.45, 2.75) is 6.54 Å². The molecule has 0 fully saturated rings. The van der Waals surface area contributed by atoms with Crippen molar-refractivity contribution in [3.05, 3.63) is 12.0 Å². The van der Waals surface area contributed by atoms with Gasteiger partial charge in [-0.1, -0.05) is 0 Å². The van der Waals surface area contributed by atoms with Gasteiger partial charge in [-0.25, -0.2) is 0 Å². The molecule has 0 saturated carbocycles. The van der Waals surface area contributed by atoms with E-state index in [1.54, 1.807) is 0 Å². The van der Waals surface area contributed by atoms with Gasteiger partial charge in [0.25, 0.3) is 6.01 Å². The van der Waals surface area contributed by atoms with Crippen molar-refractivity contribution >= 4 is 6.01 Å². The van der Waals surface area contributed by atoms with Gasteiger partial charge in [-0.05, 0) is 0 Å². The van der Waals surface area contributed by atoms with Crippen LogP contribution in [0.2, 0.25) is 0 Å². The summed E-state index contributed by atoms with van der Waals surface area (Å²) in [6.45, 7) is 0.376. The monoisotopic (exact) mass is 113 g/mol. The molecule has 4 nitrogen and oxygen atoms in total. The van der Waals surface area contributed by atoms with Crippen LogP contribution in [-0.2, 0) is 6.54 Å². The van der Waals surface area contributed by atoms with Crippen LogP contribution >= 0.6 is 0 Å². The van der Waals surface area contributed by atoms with Gasteiger partial charge in [0.1, 0.15) is 6.26 Å². The predicted molar refractivity (Wildman–Crippen MR) is 28.8 cm³/mol. The Morgan fingerprint density at radius 1 is 1.75 bits per heavy atom. The Morgan fingerprint density at radius 2 is 2.50 bits per heavy atom. The van der Waals surface area contributed by atoms with E-state index in [1.165, 1.54) is 6.26 Å². The Bertz CT molecular complexity index is 172. The summed E-state index contributed by atoms with van der Waals surface area (Å²) in [7, 11) is 0. The first-order chi connectivity index (χ1) is 3.83. The number of oxazole rings is 1. The van der Waals surface area contributed by atoms with Gasteiger partial charge in [0.05, 0.1) is 5.69 Å². The Balaban J connectivity index is 2.84. The Labute approximate surface area is 46.5 Å². The maximum Gasteiger partial charge on any atom is 0.292 e. The van der Waals surface area contributed by atoms with Crippen molar-refractivity contribution in [2.75, 3.05) is 5.73 Å². The maximum atomic E-state index is 5.19. The number of anilines is 1. The van der Waals surface area contributed by atoms with Crippen LogP contribution in [0.1, 0.15) is 5.69 Å². The summed E-state index contributed by atoms with van der Waals surface area (Å²) in [5.41, 5.74) is 11.0. The summed E-state index contributed by atoms with van der Waals surface area (Å²) in [6.07, 6.45) is 1.44. The standard InChI is InChI=1S/C4H7N3O/c5-1-3-2-8-4(6)7-3/h2H,1,5H2,(H2,6,7). The van der Waals surface area contributed by atoms with Crippen LogP contribution in [0.3, 0.4) is 0 Å². The zero-order chi connectivity index (χ0) is 5.98. The molecule has 44 valence electrons. The largest absolute Gasteiger partial charge is 0.432 e. The fourth-order valence-corrected chi connectivity index (χ4v) is 0.416. The topological polar surface area (TPSA) is 78.1 Å². The molecule has 1 heterocycles. The summed E-state index contributed by atoms with van der Waals surface area (Å²) >= 11 is 0. The average Bonchev–Trinajstić information content (AvgIpc) is 2.14. The van der Waals surface area contributed by atoms with Gasteiger partial charge in [-0.15, -0.1) is 0 Å². The average molecular weight is 113 g/mol. The molecule has 1 aromatic rings. The molecule has 0 bridgehead atoms. The molecule has 1 rings (SSSR count). The van der Waals surface area contributed by atoms with E-state index in [-0.39, 0.29) is 6.01 Å². The van der Waals surface area contributed by atoms with Gasteiger partial charge in [-0.3, -0.25) is 0 Å². The summed E-state index contributed by atoms with van der Waals surface area (Å²) in [4.78, 5) is 3.72. The zero-order valence-electron chi connectivity index (χ0n) is 4.29. The highest BCUT2D eigenvalue weighted by atomic mass is 16.4. The minimum Gasteiger partial charge on any atom is -0.432 e. The lowest BCUT2D eigenvalue weighted by atomic mass is 10.5.